The second kappa shape index (κ2) is 5.93. The molecular formula is C10H15NO3P+. The molecule has 0 spiro atoms. The van der Waals surface area contributed by atoms with Gasteiger partial charge in [-0.3, -0.25) is 0 Å². The Morgan fingerprint density at radius 3 is 2.40 bits per heavy atom. The minimum atomic E-state index is -2.34. The van der Waals surface area contributed by atoms with Crippen LogP contribution < -0.4 is 5.73 Å². The van der Waals surface area contributed by atoms with Crippen molar-refractivity contribution in [3.8, 4) is 0 Å². The quantitative estimate of drug-likeness (QED) is 0.660. The molecule has 1 rings (SSSR count). The van der Waals surface area contributed by atoms with Crippen molar-refractivity contribution in [1.29, 1.82) is 0 Å². The van der Waals surface area contributed by atoms with Gasteiger partial charge in [0.25, 0.3) is 0 Å². The van der Waals surface area contributed by atoms with Crippen LogP contribution in [-0.4, -0.2) is 22.6 Å². The summed E-state index contributed by atoms with van der Waals surface area (Å²) in [5.74, 6) is 0. The van der Waals surface area contributed by atoms with Crippen molar-refractivity contribution < 1.29 is 14.6 Å². The van der Waals surface area contributed by atoms with Crippen LogP contribution in [-0.2, 0) is 4.57 Å². The highest BCUT2D eigenvalue weighted by Gasteiger charge is 2.32. The van der Waals surface area contributed by atoms with E-state index in [1.54, 1.807) is 24.3 Å². The fraction of sp³-hybridized carbons (Fsp3) is 0.400. The van der Waals surface area contributed by atoms with Crippen molar-refractivity contribution in [3.05, 3.63) is 35.9 Å². The summed E-state index contributed by atoms with van der Waals surface area (Å²) in [6.45, 7) is 0.104. The third-order valence-corrected chi connectivity index (χ3v) is 3.26. The molecule has 0 radical (unpaired) electrons. The fourth-order valence-electron chi connectivity index (χ4n) is 1.38. The monoisotopic (exact) mass is 228 g/mol. The molecule has 1 aromatic rings. The van der Waals surface area contributed by atoms with Gasteiger partial charge < -0.3 is 10.8 Å². The van der Waals surface area contributed by atoms with E-state index < -0.39 is 19.8 Å². The lowest BCUT2D eigenvalue weighted by molar-refractivity contribution is 0.170. The first-order valence-electron chi connectivity index (χ1n) is 4.73. The van der Waals surface area contributed by atoms with E-state index in [4.69, 9.17) is 10.6 Å². The molecule has 82 valence electrons. The molecule has 0 fully saturated rings. The van der Waals surface area contributed by atoms with E-state index in [9.17, 15) is 9.67 Å². The van der Waals surface area contributed by atoms with E-state index in [2.05, 4.69) is 0 Å². The van der Waals surface area contributed by atoms with Crippen molar-refractivity contribution in [2.24, 2.45) is 5.73 Å². The number of rotatable bonds is 5. The summed E-state index contributed by atoms with van der Waals surface area (Å²) in [6.07, 6.45) is -0.520. The predicted octanol–water partition coefficient (Wildman–Crippen LogP) is 1.17. The summed E-state index contributed by atoms with van der Waals surface area (Å²) in [6, 6.07) is 8.99. The average molecular weight is 228 g/mol. The Kier molecular flexibility index (Phi) is 4.85. The van der Waals surface area contributed by atoms with Crippen molar-refractivity contribution in [3.63, 3.8) is 0 Å². The number of benzene rings is 1. The van der Waals surface area contributed by atoms with Gasteiger partial charge in [-0.2, -0.15) is 4.89 Å². The van der Waals surface area contributed by atoms with Crippen molar-refractivity contribution in [2.75, 3.05) is 6.54 Å². The summed E-state index contributed by atoms with van der Waals surface area (Å²) in [7, 11) is -2.34. The lowest BCUT2D eigenvalue weighted by Gasteiger charge is -2.09. The smallest absolute Gasteiger partial charge is 0.392 e. The van der Waals surface area contributed by atoms with Crippen LogP contribution in [0.4, 0.5) is 0 Å². The van der Waals surface area contributed by atoms with E-state index >= 15 is 0 Å². The van der Waals surface area contributed by atoms with Crippen molar-refractivity contribution in [1.82, 2.24) is 0 Å². The third kappa shape index (κ3) is 3.68. The van der Waals surface area contributed by atoms with E-state index in [0.717, 1.165) is 5.56 Å². The lowest BCUT2D eigenvalue weighted by atomic mass is 10.1. The highest BCUT2D eigenvalue weighted by molar-refractivity contribution is 7.38. The molecule has 0 aliphatic heterocycles. The molecule has 15 heavy (non-hydrogen) atoms. The number of hydrogen-bond acceptors (Lipinski definition) is 3. The predicted molar refractivity (Wildman–Crippen MR) is 58.7 cm³/mol. The summed E-state index contributed by atoms with van der Waals surface area (Å²) in [4.78, 5) is 9.17. The molecule has 0 saturated carbocycles. The van der Waals surface area contributed by atoms with Crippen LogP contribution in [0.2, 0.25) is 0 Å². The van der Waals surface area contributed by atoms with Gasteiger partial charge in [0.05, 0.1) is 6.10 Å². The van der Waals surface area contributed by atoms with Gasteiger partial charge in [0.15, 0.2) is 0 Å². The van der Waals surface area contributed by atoms with E-state index in [1.165, 1.54) is 0 Å². The van der Waals surface area contributed by atoms with Crippen molar-refractivity contribution in [2.45, 2.75) is 18.2 Å². The second-order valence-electron chi connectivity index (χ2n) is 3.35. The van der Waals surface area contributed by atoms with Gasteiger partial charge in [0, 0.05) is 18.5 Å². The average Bonchev–Trinajstić information content (AvgIpc) is 2.26. The van der Waals surface area contributed by atoms with E-state index in [0.29, 0.717) is 0 Å². The molecule has 4 nitrogen and oxygen atoms in total. The first kappa shape index (κ1) is 12.3. The van der Waals surface area contributed by atoms with Gasteiger partial charge in [-0.15, -0.1) is 0 Å². The maximum Gasteiger partial charge on any atom is 0.513 e. The highest BCUT2D eigenvalue weighted by atomic mass is 31.1. The van der Waals surface area contributed by atoms with Gasteiger partial charge >= 0.3 is 8.03 Å². The molecule has 3 atom stereocenters. The topological polar surface area (TPSA) is 83.5 Å². The highest BCUT2D eigenvalue weighted by Crippen LogP contribution is 2.40. The molecule has 5 heteroatoms. The van der Waals surface area contributed by atoms with Crippen LogP contribution in [0.25, 0.3) is 0 Å². The molecule has 0 heterocycles. The van der Waals surface area contributed by atoms with Crippen molar-refractivity contribution >= 4 is 8.03 Å². The van der Waals surface area contributed by atoms with E-state index in [-0.39, 0.29) is 13.0 Å². The Bertz CT molecular complexity index is 318. The molecular weight excluding hydrogens is 213 g/mol. The minimum Gasteiger partial charge on any atom is -0.392 e. The maximum atomic E-state index is 11.1. The largest absolute Gasteiger partial charge is 0.513 e. The van der Waals surface area contributed by atoms with Crippen LogP contribution in [0.5, 0.6) is 0 Å². The number of aliphatic hydroxyl groups is 1. The Morgan fingerprint density at radius 1 is 1.33 bits per heavy atom. The summed E-state index contributed by atoms with van der Waals surface area (Å²) < 4.78 is 11.1. The van der Waals surface area contributed by atoms with Gasteiger partial charge in [-0.05, 0) is 4.57 Å². The Morgan fingerprint density at radius 2 is 1.93 bits per heavy atom. The number of hydrogen-bond donors (Lipinski definition) is 3. The third-order valence-electron chi connectivity index (χ3n) is 2.22. The molecule has 0 amide bonds. The second-order valence-corrected chi connectivity index (χ2v) is 4.58. The number of aliphatic hydroxyl groups excluding tert-OH is 1. The fourth-order valence-corrected chi connectivity index (χ4v) is 2.23. The van der Waals surface area contributed by atoms with E-state index in [1.807, 2.05) is 6.07 Å². The molecule has 0 aliphatic rings. The molecule has 0 aliphatic carbocycles. The standard InChI is InChI=1S/C10H14NO3P/c11-7-9(12)6-10(15(13)14)8-4-2-1-3-5-8/h1-5,9-10,12H,6-7,11H2/p+1/t9-,10?/m0/s1. The van der Waals surface area contributed by atoms with Gasteiger partial charge in [-0.25, -0.2) is 0 Å². The lowest BCUT2D eigenvalue weighted by Crippen LogP contribution is -2.21. The molecule has 1 aromatic carbocycles. The molecule has 4 N–H and O–H groups in total. The molecule has 0 aromatic heterocycles. The number of nitrogens with two attached hydrogens (primary N) is 1. The zero-order valence-corrected chi connectivity index (χ0v) is 9.18. The molecule has 0 saturated heterocycles. The van der Waals surface area contributed by atoms with Crippen LogP contribution in [0.1, 0.15) is 17.6 Å². The summed E-state index contributed by atoms with van der Waals surface area (Å²) >= 11 is 0. The maximum absolute atomic E-state index is 11.1. The Balaban J connectivity index is 2.80. The summed E-state index contributed by atoms with van der Waals surface area (Å²) in [5.41, 5.74) is 5.49. The first-order chi connectivity index (χ1) is 7.15. The Labute approximate surface area is 89.6 Å². The normalized spacial score (nSPS) is 15.8. The minimum absolute atomic E-state index is 0.104. The van der Waals surface area contributed by atoms with Crippen LogP contribution >= 0.6 is 8.03 Å². The molecule has 2 unspecified atom stereocenters. The van der Waals surface area contributed by atoms with Crippen LogP contribution in [0, 0.1) is 0 Å². The van der Waals surface area contributed by atoms with Crippen LogP contribution in [0.3, 0.4) is 0 Å². The Hall–Kier alpha value is -0.800. The summed E-state index contributed by atoms with van der Waals surface area (Å²) in [5, 5.41) is 9.37. The van der Waals surface area contributed by atoms with Gasteiger partial charge in [0.2, 0.25) is 5.66 Å². The molecule has 0 bridgehead atoms. The van der Waals surface area contributed by atoms with Crippen LogP contribution in [0.15, 0.2) is 30.3 Å². The van der Waals surface area contributed by atoms with Gasteiger partial charge in [-0.1, -0.05) is 30.3 Å². The van der Waals surface area contributed by atoms with Gasteiger partial charge in [0.1, 0.15) is 0 Å². The first-order valence-corrected chi connectivity index (χ1v) is 6.01. The SMILES string of the molecule is NC[C@@H](O)CC(c1ccccc1)[P+](=O)O. The zero-order valence-electron chi connectivity index (χ0n) is 8.28. The zero-order chi connectivity index (χ0) is 11.3.